The fourth-order valence-corrected chi connectivity index (χ4v) is 2.36. The molecule has 0 spiro atoms. The number of hydrogen-bond donors (Lipinski definition) is 2. The number of carbonyl (C=O) groups excluding carboxylic acids is 1. The quantitative estimate of drug-likeness (QED) is 0.826. The Morgan fingerprint density at radius 3 is 2.90 bits per heavy atom. The van der Waals surface area contributed by atoms with E-state index < -0.39 is 5.97 Å². The van der Waals surface area contributed by atoms with Crippen LogP contribution in [0, 0.1) is 0 Å². The Morgan fingerprint density at radius 1 is 1.35 bits per heavy atom. The first-order valence-corrected chi connectivity index (χ1v) is 6.71. The third-order valence-corrected chi connectivity index (χ3v) is 3.43. The Bertz CT molecular complexity index is 635. The predicted octanol–water partition coefficient (Wildman–Crippen LogP) is 2.17. The van der Waals surface area contributed by atoms with Gasteiger partial charge in [0, 0.05) is 17.2 Å². The summed E-state index contributed by atoms with van der Waals surface area (Å²) in [6, 6.07) is 6.93. The van der Waals surface area contributed by atoms with Gasteiger partial charge in [-0.15, -0.1) is 11.3 Å². The minimum Gasteiger partial charge on any atom is -0.478 e. The zero-order chi connectivity index (χ0) is 14.4. The highest BCUT2D eigenvalue weighted by molar-refractivity contribution is 7.10. The van der Waals surface area contributed by atoms with Crippen LogP contribution in [0.3, 0.4) is 0 Å². The van der Waals surface area contributed by atoms with E-state index in [0.29, 0.717) is 12.2 Å². The second kappa shape index (κ2) is 6.63. The van der Waals surface area contributed by atoms with Crippen molar-refractivity contribution in [1.29, 1.82) is 0 Å². The van der Waals surface area contributed by atoms with Gasteiger partial charge < -0.3 is 10.4 Å². The summed E-state index contributed by atoms with van der Waals surface area (Å²) in [5, 5.41) is 13.2. The lowest BCUT2D eigenvalue weighted by molar-refractivity contribution is -0.131. The van der Waals surface area contributed by atoms with Crippen molar-refractivity contribution >= 4 is 29.3 Å². The molecule has 0 atom stereocenters. The summed E-state index contributed by atoms with van der Waals surface area (Å²) in [4.78, 5) is 27.2. The van der Waals surface area contributed by atoms with Crippen molar-refractivity contribution in [2.24, 2.45) is 0 Å². The first-order valence-electron chi connectivity index (χ1n) is 5.83. The number of nitrogens with zero attached hydrogens (tertiary/aromatic N) is 1. The van der Waals surface area contributed by atoms with Crippen LogP contribution in [0.2, 0.25) is 0 Å². The Labute approximate surface area is 119 Å². The summed E-state index contributed by atoms with van der Waals surface area (Å²) in [7, 11) is 0. The van der Waals surface area contributed by atoms with Gasteiger partial charge in [-0.2, -0.15) is 0 Å². The normalized spacial score (nSPS) is 10.6. The maximum Gasteiger partial charge on any atom is 0.328 e. The average molecular weight is 288 g/mol. The third-order valence-electron chi connectivity index (χ3n) is 2.49. The number of pyridine rings is 1. The number of carboxylic acid groups (broad SMARTS) is 1. The van der Waals surface area contributed by atoms with Crippen LogP contribution in [0.4, 0.5) is 0 Å². The maximum absolute atomic E-state index is 11.8. The van der Waals surface area contributed by atoms with Crippen LogP contribution >= 0.6 is 11.3 Å². The second-order valence-electron chi connectivity index (χ2n) is 3.87. The molecular formula is C14H12N2O3S. The number of nitrogens with one attached hydrogen (secondary N) is 1. The molecule has 1 amide bonds. The molecule has 0 aliphatic carbocycles. The average Bonchev–Trinajstić information content (AvgIpc) is 2.91. The molecule has 20 heavy (non-hydrogen) atoms. The summed E-state index contributed by atoms with van der Waals surface area (Å²) in [5.74, 6) is -1.26. The predicted molar refractivity (Wildman–Crippen MR) is 76.4 cm³/mol. The topological polar surface area (TPSA) is 79.3 Å². The van der Waals surface area contributed by atoms with Gasteiger partial charge in [0.05, 0.1) is 6.54 Å². The highest BCUT2D eigenvalue weighted by Gasteiger charge is 2.08. The lowest BCUT2D eigenvalue weighted by atomic mass is 10.2. The molecule has 0 fully saturated rings. The summed E-state index contributed by atoms with van der Waals surface area (Å²) < 4.78 is 0. The third kappa shape index (κ3) is 3.76. The van der Waals surface area contributed by atoms with Crippen LogP contribution in [0.15, 0.2) is 41.9 Å². The van der Waals surface area contributed by atoms with Crippen LogP contribution in [-0.4, -0.2) is 22.0 Å². The van der Waals surface area contributed by atoms with Gasteiger partial charge in [-0.05, 0) is 35.2 Å². The van der Waals surface area contributed by atoms with E-state index in [-0.39, 0.29) is 5.91 Å². The minimum absolute atomic E-state index is 0.257. The van der Waals surface area contributed by atoms with Crippen LogP contribution in [0.5, 0.6) is 0 Å². The lowest BCUT2D eigenvalue weighted by Crippen LogP contribution is -2.23. The standard InChI is InChI=1S/C14H12N2O3S/c17-13(18)5-4-10-6-8-20-12(10)9-16-14(19)11-3-1-2-7-15-11/h1-8H,9H2,(H,16,19)(H,17,18)/b5-4+. The minimum atomic E-state index is -1.00. The van der Waals surface area contributed by atoms with Gasteiger partial charge in [0.2, 0.25) is 0 Å². The van der Waals surface area contributed by atoms with Crippen molar-refractivity contribution in [3.8, 4) is 0 Å². The van der Waals surface area contributed by atoms with Crippen molar-refractivity contribution in [1.82, 2.24) is 10.3 Å². The maximum atomic E-state index is 11.8. The number of carboxylic acids is 1. The van der Waals surface area contributed by atoms with Crippen molar-refractivity contribution < 1.29 is 14.7 Å². The van der Waals surface area contributed by atoms with Crippen molar-refractivity contribution in [3.05, 3.63) is 58.1 Å². The van der Waals surface area contributed by atoms with Crippen LogP contribution < -0.4 is 5.32 Å². The van der Waals surface area contributed by atoms with Crippen molar-refractivity contribution in [2.75, 3.05) is 0 Å². The molecule has 2 rings (SSSR count). The van der Waals surface area contributed by atoms with E-state index in [1.807, 2.05) is 11.4 Å². The number of thiophene rings is 1. The highest BCUT2D eigenvalue weighted by atomic mass is 32.1. The SMILES string of the molecule is O=C(O)/C=C/c1ccsc1CNC(=O)c1ccccn1. The first-order chi connectivity index (χ1) is 9.66. The van der Waals surface area contributed by atoms with Gasteiger partial charge in [0.1, 0.15) is 5.69 Å². The zero-order valence-corrected chi connectivity index (χ0v) is 11.3. The number of aromatic nitrogens is 1. The summed E-state index contributed by atoms with van der Waals surface area (Å²) in [6.07, 6.45) is 4.15. The fraction of sp³-hybridized carbons (Fsp3) is 0.0714. The number of hydrogen-bond acceptors (Lipinski definition) is 4. The molecule has 0 aromatic carbocycles. The molecule has 2 N–H and O–H groups in total. The smallest absolute Gasteiger partial charge is 0.328 e. The molecule has 0 radical (unpaired) electrons. The monoisotopic (exact) mass is 288 g/mol. The van der Waals surface area contributed by atoms with E-state index >= 15 is 0 Å². The van der Waals surface area contributed by atoms with E-state index in [0.717, 1.165) is 16.5 Å². The summed E-state index contributed by atoms with van der Waals surface area (Å²) >= 11 is 1.46. The van der Waals surface area contributed by atoms with Gasteiger partial charge in [-0.3, -0.25) is 9.78 Å². The van der Waals surface area contributed by atoms with Crippen molar-refractivity contribution in [2.45, 2.75) is 6.54 Å². The zero-order valence-electron chi connectivity index (χ0n) is 10.4. The van der Waals surface area contributed by atoms with Crippen LogP contribution in [0.1, 0.15) is 20.9 Å². The molecule has 0 saturated heterocycles. The Kier molecular flexibility index (Phi) is 4.62. The van der Waals surface area contributed by atoms with E-state index in [9.17, 15) is 9.59 Å². The van der Waals surface area contributed by atoms with E-state index in [4.69, 9.17) is 5.11 Å². The Hall–Kier alpha value is -2.47. The summed E-state index contributed by atoms with van der Waals surface area (Å²) in [5.41, 5.74) is 1.14. The molecule has 0 unspecified atom stereocenters. The van der Waals surface area contributed by atoms with E-state index in [1.54, 1.807) is 24.4 Å². The highest BCUT2D eigenvalue weighted by Crippen LogP contribution is 2.18. The Balaban J connectivity index is 2.00. The number of rotatable bonds is 5. The van der Waals surface area contributed by atoms with Crippen LogP contribution in [0.25, 0.3) is 6.08 Å². The molecule has 0 aliphatic rings. The number of amides is 1. The molecule has 2 aromatic rings. The number of aliphatic carboxylic acids is 1. The molecule has 5 nitrogen and oxygen atoms in total. The Morgan fingerprint density at radius 2 is 2.20 bits per heavy atom. The van der Waals surface area contributed by atoms with Gasteiger partial charge in [0.15, 0.2) is 0 Å². The van der Waals surface area contributed by atoms with Gasteiger partial charge in [-0.1, -0.05) is 6.07 Å². The fourth-order valence-electron chi connectivity index (χ4n) is 1.55. The van der Waals surface area contributed by atoms with Gasteiger partial charge in [0.25, 0.3) is 5.91 Å². The molecule has 2 heterocycles. The van der Waals surface area contributed by atoms with E-state index in [2.05, 4.69) is 10.3 Å². The van der Waals surface area contributed by atoms with Gasteiger partial charge in [-0.25, -0.2) is 4.79 Å². The van der Waals surface area contributed by atoms with Gasteiger partial charge >= 0.3 is 5.97 Å². The summed E-state index contributed by atoms with van der Waals surface area (Å²) in [6.45, 7) is 0.340. The molecule has 0 bridgehead atoms. The van der Waals surface area contributed by atoms with Crippen LogP contribution in [-0.2, 0) is 11.3 Å². The molecule has 2 aromatic heterocycles. The molecule has 0 saturated carbocycles. The second-order valence-corrected chi connectivity index (χ2v) is 4.87. The number of carbonyl (C=O) groups is 2. The molecule has 6 heteroatoms. The van der Waals surface area contributed by atoms with E-state index in [1.165, 1.54) is 17.4 Å². The van der Waals surface area contributed by atoms with Crippen molar-refractivity contribution in [3.63, 3.8) is 0 Å². The molecule has 102 valence electrons. The lowest BCUT2D eigenvalue weighted by Gasteiger charge is -2.04. The largest absolute Gasteiger partial charge is 0.478 e. The molecule has 0 aliphatic heterocycles. The molecular weight excluding hydrogens is 276 g/mol. The first kappa shape index (κ1) is 14.0.